The number of amides is 1. The quantitative estimate of drug-likeness (QED) is 0.664. The van der Waals surface area contributed by atoms with Crippen LogP contribution in [-0.2, 0) is 0 Å². The number of aromatic nitrogens is 2. The maximum atomic E-state index is 13.3. The number of hydrogen-bond donors (Lipinski definition) is 0. The van der Waals surface area contributed by atoms with E-state index in [4.69, 9.17) is 4.74 Å². The summed E-state index contributed by atoms with van der Waals surface area (Å²) in [5, 5.41) is 0. The number of carbonyl (C=O) groups excluding carboxylic acids is 1. The molecule has 6 nitrogen and oxygen atoms in total. The van der Waals surface area contributed by atoms with Gasteiger partial charge in [-0.1, -0.05) is 12.1 Å². The molecule has 0 bridgehead atoms. The Labute approximate surface area is 177 Å². The van der Waals surface area contributed by atoms with E-state index in [9.17, 15) is 4.79 Å². The summed E-state index contributed by atoms with van der Waals surface area (Å²) in [6.45, 7) is 11.2. The topological polar surface area (TPSA) is 58.6 Å². The molecule has 0 unspecified atom stereocenters. The molecule has 0 atom stereocenters. The number of fused-ring (bicyclic) bond motifs is 1. The summed E-state index contributed by atoms with van der Waals surface area (Å²) in [6, 6.07) is 10.3. The summed E-state index contributed by atoms with van der Waals surface area (Å²) in [4.78, 5) is 26.6. The minimum atomic E-state index is -0.125. The summed E-state index contributed by atoms with van der Waals surface area (Å²) in [5.74, 6) is 0.160. The second kappa shape index (κ2) is 7.94. The fourth-order valence-corrected chi connectivity index (χ4v) is 3.96. The number of piperazine rings is 1. The first-order chi connectivity index (χ1) is 14.4. The maximum Gasteiger partial charge on any atom is 0.278 e. The molecule has 0 spiro atoms. The first-order valence-electron chi connectivity index (χ1n) is 10.3. The fourth-order valence-electron chi connectivity index (χ4n) is 3.96. The molecule has 2 heterocycles. The zero-order valence-corrected chi connectivity index (χ0v) is 18.3. The number of hydrogen-bond acceptors (Lipinski definition) is 5. The summed E-state index contributed by atoms with van der Waals surface area (Å²) in [5.41, 5.74) is 7.84. The van der Waals surface area contributed by atoms with E-state index in [0.29, 0.717) is 13.1 Å². The molecule has 1 aliphatic rings. The van der Waals surface area contributed by atoms with Crippen LogP contribution in [0.4, 0.5) is 5.69 Å². The molecule has 0 radical (unpaired) electrons. The lowest BCUT2D eigenvalue weighted by Crippen LogP contribution is -2.49. The van der Waals surface area contributed by atoms with Crippen molar-refractivity contribution in [3.8, 4) is 5.88 Å². The summed E-state index contributed by atoms with van der Waals surface area (Å²) in [6.07, 6.45) is 0. The minimum Gasteiger partial charge on any atom is -0.479 e. The van der Waals surface area contributed by atoms with Gasteiger partial charge >= 0.3 is 0 Å². The van der Waals surface area contributed by atoms with Crippen molar-refractivity contribution in [2.45, 2.75) is 27.7 Å². The number of methoxy groups -OCH3 is 1. The number of anilines is 1. The van der Waals surface area contributed by atoms with Crippen LogP contribution in [0.25, 0.3) is 11.0 Å². The number of nitrogens with zero attached hydrogens (tertiary/aromatic N) is 4. The highest BCUT2D eigenvalue weighted by Crippen LogP contribution is 2.26. The van der Waals surface area contributed by atoms with E-state index in [2.05, 4.69) is 46.9 Å². The Morgan fingerprint density at radius 1 is 0.900 bits per heavy atom. The van der Waals surface area contributed by atoms with Crippen molar-refractivity contribution in [1.82, 2.24) is 14.9 Å². The maximum absolute atomic E-state index is 13.3. The third-order valence-corrected chi connectivity index (χ3v) is 6.13. The Morgan fingerprint density at radius 3 is 2.17 bits per heavy atom. The van der Waals surface area contributed by atoms with Crippen molar-refractivity contribution >= 4 is 22.6 Å². The third-order valence-electron chi connectivity index (χ3n) is 6.13. The van der Waals surface area contributed by atoms with Crippen LogP contribution in [0.15, 0.2) is 30.3 Å². The van der Waals surface area contributed by atoms with Gasteiger partial charge in [0.05, 0.1) is 18.1 Å². The average molecular weight is 405 g/mol. The second-order valence-electron chi connectivity index (χ2n) is 8.00. The monoisotopic (exact) mass is 404 g/mol. The number of carbonyl (C=O) groups is 1. The molecular formula is C24H28N4O2. The first-order valence-corrected chi connectivity index (χ1v) is 10.3. The highest BCUT2D eigenvalue weighted by atomic mass is 16.5. The van der Waals surface area contributed by atoms with Crippen LogP contribution in [0.1, 0.15) is 32.7 Å². The number of aryl methyl sites for hydroxylation is 3. The van der Waals surface area contributed by atoms with Crippen molar-refractivity contribution in [3.63, 3.8) is 0 Å². The van der Waals surface area contributed by atoms with Crippen molar-refractivity contribution in [3.05, 3.63) is 58.3 Å². The predicted octanol–water partition coefficient (Wildman–Crippen LogP) is 3.83. The highest BCUT2D eigenvalue weighted by molar-refractivity contribution is 5.96. The van der Waals surface area contributed by atoms with Gasteiger partial charge in [0.1, 0.15) is 0 Å². The Morgan fingerprint density at radius 2 is 1.53 bits per heavy atom. The van der Waals surface area contributed by atoms with Crippen LogP contribution in [0.2, 0.25) is 0 Å². The lowest BCUT2D eigenvalue weighted by molar-refractivity contribution is 0.0736. The van der Waals surface area contributed by atoms with Gasteiger partial charge in [0, 0.05) is 31.9 Å². The highest BCUT2D eigenvalue weighted by Gasteiger charge is 2.27. The van der Waals surface area contributed by atoms with Gasteiger partial charge in [-0.05, 0) is 68.1 Å². The van der Waals surface area contributed by atoms with E-state index in [0.717, 1.165) is 35.2 Å². The molecule has 1 aromatic heterocycles. The lowest BCUT2D eigenvalue weighted by atomic mass is 10.1. The van der Waals surface area contributed by atoms with Crippen LogP contribution in [0.3, 0.4) is 0 Å². The van der Waals surface area contributed by atoms with E-state index in [1.54, 1.807) is 0 Å². The Bertz CT molecular complexity index is 1120. The average Bonchev–Trinajstić information content (AvgIpc) is 2.75. The molecule has 0 N–H and O–H groups in total. The largest absolute Gasteiger partial charge is 0.479 e. The molecule has 1 fully saturated rings. The molecular weight excluding hydrogens is 376 g/mol. The normalized spacial score (nSPS) is 14.3. The summed E-state index contributed by atoms with van der Waals surface area (Å²) in [7, 11) is 1.53. The molecule has 1 amide bonds. The predicted molar refractivity (Wildman–Crippen MR) is 120 cm³/mol. The van der Waals surface area contributed by atoms with Crippen molar-refractivity contribution < 1.29 is 9.53 Å². The first kappa shape index (κ1) is 20.1. The van der Waals surface area contributed by atoms with Crippen LogP contribution in [-0.4, -0.2) is 54.1 Å². The van der Waals surface area contributed by atoms with E-state index >= 15 is 0 Å². The minimum absolute atomic E-state index is 0.125. The molecule has 3 aromatic rings. The molecule has 0 aliphatic carbocycles. The summed E-state index contributed by atoms with van der Waals surface area (Å²) >= 11 is 0. The zero-order valence-electron chi connectivity index (χ0n) is 18.3. The molecule has 2 aromatic carbocycles. The van der Waals surface area contributed by atoms with Crippen LogP contribution in [0.5, 0.6) is 5.88 Å². The smallest absolute Gasteiger partial charge is 0.278 e. The van der Waals surface area contributed by atoms with Gasteiger partial charge in [0.15, 0.2) is 5.69 Å². The molecule has 1 aliphatic heterocycles. The third kappa shape index (κ3) is 3.58. The molecule has 4 rings (SSSR count). The lowest BCUT2D eigenvalue weighted by Gasteiger charge is -2.37. The standard InChI is InChI=1S/C24H28N4O2/c1-15-7-6-8-21(18(15)4)27-9-11-28(12-10-27)24(29)22-23(30-5)26-20-14-17(3)16(2)13-19(20)25-22/h6-8,13-14H,9-12H2,1-5H3. The second-order valence-corrected chi connectivity index (χ2v) is 8.00. The van der Waals surface area contributed by atoms with Gasteiger partial charge in [-0.3, -0.25) is 4.79 Å². The Balaban J connectivity index is 1.57. The van der Waals surface area contributed by atoms with Crippen molar-refractivity contribution in [2.75, 3.05) is 38.2 Å². The van der Waals surface area contributed by atoms with Crippen LogP contribution in [0, 0.1) is 27.7 Å². The van der Waals surface area contributed by atoms with Crippen LogP contribution < -0.4 is 9.64 Å². The molecule has 0 saturated carbocycles. The van der Waals surface area contributed by atoms with E-state index in [-0.39, 0.29) is 17.5 Å². The van der Waals surface area contributed by atoms with Gasteiger partial charge in [-0.25, -0.2) is 9.97 Å². The van der Waals surface area contributed by atoms with Crippen molar-refractivity contribution in [1.29, 1.82) is 0 Å². The molecule has 30 heavy (non-hydrogen) atoms. The Hall–Kier alpha value is -3.15. The summed E-state index contributed by atoms with van der Waals surface area (Å²) < 4.78 is 5.42. The SMILES string of the molecule is COc1nc2cc(C)c(C)cc2nc1C(=O)N1CCN(c2cccc(C)c2C)CC1. The van der Waals surface area contributed by atoms with Gasteiger partial charge in [-0.15, -0.1) is 0 Å². The van der Waals surface area contributed by atoms with Crippen molar-refractivity contribution in [2.24, 2.45) is 0 Å². The molecule has 6 heteroatoms. The van der Waals surface area contributed by atoms with Gasteiger partial charge in [0.2, 0.25) is 5.88 Å². The van der Waals surface area contributed by atoms with Gasteiger partial charge in [0.25, 0.3) is 5.91 Å². The number of benzene rings is 2. The molecule has 1 saturated heterocycles. The number of rotatable bonds is 3. The van der Waals surface area contributed by atoms with Gasteiger partial charge in [-0.2, -0.15) is 0 Å². The van der Waals surface area contributed by atoms with Gasteiger partial charge < -0.3 is 14.5 Å². The number of ether oxygens (including phenoxy) is 1. The van der Waals surface area contributed by atoms with Crippen LogP contribution >= 0.6 is 0 Å². The van der Waals surface area contributed by atoms with E-state index in [1.807, 2.05) is 30.9 Å². The fraction of sp³-hybridized carbons (Fsp3) is 0.375. The van der Waals surface area contributed by atoms with E-state index in [1.165, 1.54) is 23.9 Å². The van der Waals surface area contributed by atoms with E-state index < -0.39 is 0 Å². The molecule has 156 valence electrons. The zero-order chi connectivity index (χ0) is 21.4. The Kier molecular flexibility index (Phi) is 5.33.